The van der Waals surface area contributed by atoms with Crippen LogP contribution in [0.15, 0.2) is 54.4 Å². The summed E-state index contributed by atoms with van der Waals surface area (Å²) in [6.45, 7) is 4.63. The highest BCUT2D eigenvalue weighted by Gasteiger charge is 2.27. The number of nitrogens with one attached hydrogen (secondary N) is 1. The largest absolute Gasteiger partial charge is 0.491 e. The van der Waals surface area contributed by atoms with Gasteiger partial charge in [-0.1, -0.05) is 43.2 Å². The molecule has 1 fully saturated rings. The van der Waals surface area contributed by atoms with Gasteiger partial charge in [0.2, 0.25) is 0 Å². The number of thiophene rings is 1. The van der Waals surface area contributed by atoms with Crippen molar-refractivity contribution < 1.29 is 9.84 Å². The van der Waals surface area contributed by atoms with E-state index in [4.69, 9.17) is 4.74 Å². The molecule has 1 heterocycles. The summed E-state index contributed by atoms with van der Waals surface area (Å²) in [4.78, 5) is 1.38. The van der Waals surface area contributed by atoms with Crippen LogP contribution in [0, 0.1) is 5.92 Å². The van der Waals surface area contributed by atoms with Crippen LogP contribution in [-0.4, -0.2) is 24.4 Å². The Bertz CT molecular complexity index is 665. The van der Waals surface area contributed by atoms with Gasteiger partial charge in [-0.15, -0.1) is 17.9 Å². The van der Waals surface area contributed by atoms with Crippen molar-refractivity contribution in [3.63, 3.8) is 0 Å². The van der Waals surface area contributed by atoms with Gasteiger partial charge in [0, 0.05) is 17.5 Å². The normalized spacial score (nSPS) is 17.1. The zero-order chi connectivity index (χ0) is 18.2. The SMILES string of the molecule is C=CCc1ccccc1OCC(O)CNC(c1cccs1)C1CCCC1. The summed E-state index contributed by atoms with van der Waals surface area (Å²) >= 11 is 1.80. The summed E-state index contributed by atoms with van der Waals surface area (Å²) in [5.74, 6) is 1.51. The minimum Gasteiger partial charge on any atom is -0.491 e. The fraction of sp³-hybridized carbons (Fsp3) is 0.455. The Labute approximate surface area is 160 Å². The molecule has 4 heteroatoms. The Balaban J connectivity index is 1.52. The molecule has 0 aliphatic heterocycles. The molecule has 2 atom stereocenters. The van der Waals surface area contributed by atoms with Gasteiger partial charge < -0.3 is 15.2 Å². The number of aliphatic hydroxyl groups excluding tert-OH is 1. The maximum Gasteiger partial charge on any atom is 0.122 e. The summed E-state index contributed by atoms with van der Waals surface area (Å²) < 4.78 is 5.86. The molecule has 3 rings (SSSR count). The van der Waals surface area contributed by atoms with Crippen LogP contribution in [0.4, 0.5) is 0 Å². The van der Waals surface area contributed by atoms with Crippen molar-refractivity contribution in [1.82, 2.24) is 5.32 Å². The average Bonchev–Trinajstić information content (AvgIpc) is 3.36. The van der Waals surface area contributed by atoms with Crippen LogP contribution in [0.2, 0.25) is 0 Å². The Kier molecular flexibility index (Phi) is 7.30. The first-order valence-electron chi connectivity index (χ1n) is 9.54. The third kappa shape index (κ3) is 5.19. The molecule has 2 N–H and O–H groups in total. The van der Waals surface area contributed by atoms with Gasteiger partial charge in [0.05, 0.1) is 0 Å². The van der Waals surface area contributed by atoms with Gasteiger partial charge in [0.1, 0.15) is 18.5 Å². The van der Waals surface area contributed by atoms with Crippen LogP contribution in [0.5, 0.6) is 5.75 Å². The van der Waals surface area contributed by atoms with Gasteiger partial charge in [-0.25, -0.2) is 0 Å². The number of rotatable bonds is 10. The zero-order valence-electron chi connectivity index (χ0n) is 15.3. The maximum atomic E-state index is 10.4. The Morgan fingerprint density at radius 3 is 2.77 bits per heavy atom. The number of hydrogen-bond acceptors (Lipinski definition) is 4. The van der Waals surface area contributed by atoms with E-state index in [2.05, 4.69) is 29.4 Å². The van der Waals surface area contributed by atoms with Gasteiger partial charge in [-0.3, -0.25) is 0 Å². The van der Waals surface area contributed by atoms with Crippen LogP contribution in [-0.2, 0) is 6.42 Å². The third-order valence-electron chi connectivity index (χ3n) is 5.06. The third-order valence-corrected chi connectivity index (χ3v) is 6.02. The fourth-order valence-electron chi connectivity index (χ4n) is 3.74. The molecule has 1 aromatic heterocycles. The first kappa shape index (κ1) is 19.2. The Morgan fingerprint density at radius 1 is 1.23 bits per heavy atom. The molecular formula is C22H29NO2S. The van der Waals surface area contributed by atoms with Gasteiger partial charge in [-0.05, 0) is 48.3 Å². The van der Waals surface area contributed by atoms with Crippen LogP contribution in [0.25, 0.3) is 0 Å². The lowest BCUT2D eigenvalue weighted by atomic mass is 9.96. The molecule has 1 aliphatic carbocycles. The predicted molar refractivity (Wildman–Crippen MR) is 109 cm³/mol. The van der Waals surface area contributed by atoms with E-state index in [1.54, 1.807) is 11.3 Å². The Morgan fingerprint density at radius 2 is 2.04 bits per heavy atom. The van der Waals surface area contributed by atoms with E-state index >= 15 is 0 Å². The van der Waals surface area contributed by atoms with Crippen LogP contribution in [0.1, 0.15) is 42.2 Å². The molecule has 1 aliphatic rings. The van der Waals surface area contributed by atoms with E-state index in [-0.39, 0.29) is 0 Å². The first-order valence-corrected chi connectivity index (χ1v) is 10.4. The van der Waals surface area contributed by atoms with Gasteiger partial charge >= 0.3 is 0 Å². The van der Waals surface area contributed by atoms with E-state index in [0.717, 1.165) is 17.7 Å². The number of allylic oxidation sites excluding steroid dienone is 1. The molecular weight excluding hydrogens is 342 g/mol. The molecule has 1 aromatic carbocycles. The fourth-order valence-corrected chi connectivity index (χ4v) is 4.63. The molecule has 26 heavy (non-hydrogen) atoms. The first-order chi connectivity index (χ1) is 12.8. The van der Waals surface area contributed by atoms with Gasteiger partial charge in [0.15, 0.2) is 0 Å². The summed E-state index contributed by atoms with van der Waals surface area (Å²) in [5.41, 5.74) is 1.10. The molecule has 2 unspecified atom stereocenters. The second kappa shape index (κ2) is 9.91. The van der Waals surface area contributed by atoms with Crippen molar-refractivity contribution in [3.05, 3.63) is 64.9 Å². The Hall–Kier alpha value is -1.62. The van der Waals surface area contributed by atoms with Crippen molar-refractivity contribution in [2.75, 3.05) is 13.2 Å². The molecule has 2 aromatic rings. The van der Waals surface area contributed by atoms with Crippen molar-refractivity contribution in [3.8, 4) is 5.75 Å². The highest BCUT2D eigenvalue weighted by atomic mass is 32.1. The second-order valence-electron chi connectivity index (χ2n) is 7.01. The van der Waals surface area contributed by atoms with Crippen molar-refractivity contribution in [2.24, 2.45) is 5.92 Å². The molecule has 0 spiro atoms. The topological polar surface area (TPSA) is 41.5 Å². The number of ether oxygens (including phenoxy) is 1. The lowest BCUT2D eigenvalue weighted by molar-refractivity contribution is 0.100. The molecule has 3 nitrogen and oxygen atoms in total. The highest BCUT2D eigenvalue weighted by Crippen LogP contribution is 2.37. The van der Waals surface area contributed by atoms with E-state index in [1.807, 2.05) is 30.3 Å². The minimum atomic E-state index is -0.532. The highest BCUT2D eigenvalue weighted by molar-refractivity contribution is 7.10. The van der Waals surface area contributed by atoms with Gasteiger partial charge in [0.25, 0.3) is 0 Å². The smallest absolute Gasteiger partial charge is 0.122 e. The van der Waals surface area contributed by atoms with Gasteiger partial charge in [-0.2, -0.15) is 0 Å². The monoisotopic (exact) mass is 371 g/mol. The van der Waals surface area contributed by atoms with Crippen LogP contribution >= 0.6 is 11.3 Å². The predicted octanol–water partition coefficient (Wildman–Crippen LogP) is 4.74. The van der Waals surface area contributed by atoms with E-state index in [1.165, 1.54) is 30.6 Å². The van der Waals surface area contributed by atoms with Crippen molar-refractivity contribution in [2.45, 2.75) is 44.2 Å². The molecule has 0 bridgehead atoms. The van der Waals surface area contributed by atoms with Crippen LogP contribution in [0.3, 0.4) is 0 Å². The minimum absolute atomic E-state index is 0.295. The molecule has 0 saturated heterocycles. The molecule has 1 saturated carbocycles. The number of para-hydroxylation sites is 1. The van der Waals surface area contributed by atoms with E-state index < -0.39 is 6.10 Å². The average molecular weight is 372 g/mol. The maximum absolute atomic E-state index is 10.4. The second-order valence-corrected chi connectivity index (χ2v) is 7.99. The number of aliphatic hydroxyl groups is 1. The van der Waals surface area contributed by atoms with E-state index in [0.29, 0.717) is 25.1 Å². The quantitative estimate of drug-likeness (QED) is 0.593. The van der Waals surface area contributed by atoms with Crippen LogP contribution < -0.4 is 10.1 Å². The summed E-state index contributed by atoms with van der Waals surface area (Å²) in [7, 11) is 0. The molecule has 140 valence electrons. The molecule has 0 amide bonds. The lowest BCUT2D eigenvalue weighted by Crippen LogP contribution is -2.36. The number of benzene rings is 1. The standard InChI is InChI=1S/C22H29NO2S/c1-2-8-17-9-5-6-12-20(17)25-16-19(24)15-23-22(18-10-3-4-11-18)21-13-7-14-26-21/h2,5-7,9,12-14,18-19,22-24H,1,3-4,8,10-11,15-16H2. The van der Waals surface area contributed by atoms with Crippen molar-refractivity contribution >= 4 is 11.3 Å². The summed E-state index contributed by atoms with van der Waals surface area (Å²) in [6.07, 6.45) is 7.30. The summed E-state index contributed by atoms with van der Waals surface area (Å²) in [6, 6.07) is 12.6. The van der Waals surface area contributed by atoms with E-state index in [9.17, 15) is 5.11 Å². The summed E-state index contributed by atoms with van der Waals surface area (Å²) in [5, 5.41) is 16.2. The zero-order valence-corrected chi connectivity index (χ0v) is 16.1. The lowest BCUT2D eigenvalue weighted by Gasteiger charge is -2.25. The number of hydrogen-bond donors (Lipinski definition) is 2. The molecule has 0 radical (unpaired) electrons. The van der Waals surface area contributed by atoms with Crippen molar-refractivity contribution in [1.29, 1.82) is 0 Å².